The van der Waals surface area contributed by atoms with Gasteiger partial charge in [0.25, 0.3) is 0 Å². The summed E-state index contributed by atoms with van der Waals surface area (Å²) in [6.45, 7) is -0.149. The number of tetrazole rings is 1. The quantitative estimate of drug-likeness (QED) is 0.458. The second-order valence-corrected chi connectivity index (χ2v) is 7.28. The van der Waals surface area contributed by atoms with Gasteiger partial charge in [-0.15, -0.1) is 5.10 Å². The van der Waals surface area contributed by atoms with Crippen LogP contribution in [-0.2, 0) is 9.59 Å². The van der Waals surface area contributed by atoms with Crippen molar-refractivity contribution in [3.05, 3.63) is 53.0 Å². The number of benzene rings is 2. The van der Waals surface area contributed by atoms with Crippen LogP contribution in [-0.4, -0.2) is 49.4 Å². The lowest BCUT2D eigenvalue weighted by atomic mass is 10.3. The van der Waals surface area contributed by atoms with Crippen LogP contribution in [0.4, 0.5) is 5.69 Å². The van der Waals surface area contributed by atoms with E-state index in [1.807, 2.05) is 12.1 Å². The molecule has 0 unspecified atom stereocenters. The summed E-state index contributed by atoms with van der Waals surface area (Å²) in [7, 11) is 0. The van der Waals surface area contributed by atoms with Crippen LogP contribution in [0.5, 0.6) is 5.75 Å². The Labute approximate surface area is 172 Å². The molecule has 0 aliphatic carbocycles. The highest BCUT2D eigenvalue weighted by Crippen LogP contribution is 2.21. The predicted molar refractivity (Wildman–Crippen MR) is 107 cm³/mol. The number of amides is 2. The number of hydrogen-bond donors (Lipinski definition) is 3. The fraction of sp³-hybridized carbons (Fsp3) is 0.118. The maximum Gasteiger partial charge on any atom is 0.243 e. The SMILES string of the molecule is O=C(CSc1nnnn1-c1ccc(O)cc1)NCC(=O)Nc1ccccc1Br. The first-order valence-electron chi connectivity index (χ1n) is 8.04. The summed E-state index contributed by atoms with van der Waals surface area (Å²) in [6, 6.07) is 13.5. The summed E-state index contributed by atoms with van der Waals surface area (Å²) in [5.74, 6) is -0.487. The van der Waals surface area contributed by atoms with Crippen LogP contribution < -0.4 is 10.6 Å². The molecule has 1 heterocycles. The topological polar surface area (TPSA) is 122 Å². The monoisotopic (exact) mass is 462 g/mol. The first-order chi connectivity index (χ1) is 13.5. The third kappa shape index (κ3) is 5.30. The van der Waals surface area contributed by atoms with Gasteiger partial charge in [-0.25, -0.2) is 0 Å². The predicted octanol–water partition coefficient (Wildman–Crippen LogP) is 1.98. The van der Waals surface area contributed by atoms with Gasteiger partial charge in [0.2, 0.25) is 17.0 Å². The molecule has 0 fully saturated rings. The maximum atomic E-state index is 12.0. The summed E-state index contributed by atoms with van der Waals surface area (Å²) in [4.78, 5) is 24.0. The van der Waals surface area contributed by atoms with Crippen LogP contribution >= 0.6 is 27.7 Å². The standard InChI is InChI=1S/C17H15BrN6O3S/c18-13-3-1-2-4-14(13)20-15(26)9-19-16(27)10-28-17-21-22-23-24(17)11-5-7-12(25)8-6-11/h1-8,25H,9-10H2,(H,19,27)(H,20,26). The van der Waals surface area contributed by atoms with Crippen molar-refractivity contribution in [1.29, 1.82) is 0 Å². The number of aromatic nitrogens is 4. The molecular weight excluding hydrogens is 448 g/mol. The van der Waals surface area contributed by atoms with Gasteiger partial charge in [-0.1, -0.05) is 23.9 Å². The number of carbonyl (C=O) groups excluding carboxylic acids is 2. The fourth-order valence-electron chi connectivity index (χ4n) is 2.14. The van der Waals surface area contributed by atoms with Crippen LogP contribution in [0.3, 0.4) is 0 Å². The van der Waals surface area contributed by atoms with Crippen molar-refractivity contribution in [2.75, 3.05) is 17.6 Å². The smallest absolute Gasteiger partial charge is 0.243 e. The van der Waals surface area contributed by atoms with E-state index in [4.69, 9.17) is 0 Å². The largest absolute Gasteiger partial charge is 0.508 e. The Balaban J connectivity index is 1.49. The van der Waals surface area contributed by atoms with Crippen molar-refractivity contribution in [2.45, 2.75) is 5.16 Å². The lowest BCUT2D eigenvalue weighted by Crippen LogP contribution is -2.34. The fourth-order valence-corrected chi connectivity index (χ4v) is 3.25. The van der Waals surface area contributed by atoms with Crippen LogP contribution in [0.2, 0.25) is 0 Å². The maximum absolute atomic E-state index is 12.0. The minimum Gasteiger partial charge on any atom is -0.508 e. The molecule has 11 heteroatoms. The zero-order chi connectivity index (χ0) is 19.9. The third-order valence-electron chi connectivity index (χ3n) is 3.46. The van der Waals surface area contributed by atoms with Gasteiger partial charge in [0, 0.05) is 4.47 Å². The van der Waals surface area contributed by atoms with Crippen LogP contribution in [0.15, 0.2) is 58.2 Å². The summed E-state index contributed by atoms with van der Waals surface area (Å²) in [5, 5.41) is 26.4. The highest BCUT2D eigenvalue weighted by atomic mass is 79.9. The molecule has 3 rings (SSSR count). The lowest BCUT2D eigenvalue weighted by molar-refractivity contribution is -0.122. The van der Waals surface area contributed by atoms with E-state index in [1.54, 1.807) is 24.3 Å². The number of phenolic OH excluding ortho intramolecular Hbond substituents is 1. The summed E-state index contributed by atoms with van der Waals surface area (Å²) in [5.41, 5.74) is 1.28. The minimum absolute atomic E-state index is 0.0424. The molecule has 0 saturated carbocycles. The molecule has 1 aromatic heterocycles. The summed E-state index contributed by atoms with van der Waals surface area (Å²) < 4.78 is 2.21. The number of halogens is 1. The molecule has 0 atom stereocenters. The molecule has 0 bridgehead atoms. The zero-order valence-corrected chi connectivity index (χ0v) is 16.8. The van der Waals surface area contributed by atoms with Crippen LogP contribution in [0.25, 0.3) is 5.69 Å². The van der Waals surface area contributed by atoms with E-state index in [-0.39, 0.29) is 29.9 Å². The molecule has 9 nitrogen and oxygen atoms in total. The highest BCUT2D eigenvalue weighted by molar-refractivity contribution is 9.10. The number of nitrogens with one attached hydrogen (secondary N) is 2. The first kappa shape index (κ1) is 19.8. The Bertz CT molecular complexity index is 979. The van der Waals surface area contributed by atoms with Gasteiger partial charge in [0.15, 0.2) is 0 Å². The number of aromatic hydroxyl groups is 1. The van der Waals surface area contributed by atoms with E-state index in [0.29, 0.717) is 16.5 Å². The van der Waals surface area contributed by atoms with Crippen molar-refractivity contribution in [3.63, 3.8) is 0 Å². The number of nitrogens with zero attached hydrogens (tertiary/aromatic N) is 4. The van der Waals surface area contributed by atoms with Crippen LogP contribution in [0.1, 0.15) is 0 Å². The van der Waals surface area contributed by atoms with E-state index in [9.17, 15) is 14.7 Å². The molecule has 144 valence electrons. The summed E-state index contributed by atoms with van der Waals surface area (Å²) >= 11 is 4.47. The number of rotatable bonds is 7. The number of hydrogen-bond acceptors (Lipinski definition) is 7. The number of para-hydroxylation sites is 1. The molecule has 0 aliphatic heterocycles. The van der Waals surface area contributed by atoms with Crippen molar-refractivity contribution in [1.82, 2.24) is 25.5 Å². The second kappa shape index (κ2) is 9.33. The Morgan fingerprint density at radius 1 is 1.11 bits per heavy atom. The molecule has 2 amide bonds. The number of phenols is 1. The number of thioether (sulfide) groups is 1. The zero-order valence-electron chi connectivity index (χ0n) is 14.4. The van der Waals surface area contributed by atoms with E-state index in [0.717, 1.165) is 16.2 Å². The van der Waals surface area contributed by atoms with Crippen molar-refractivity contribution < 1.29 is 14.7 Å². The second-order valence-electron chi connectivity index (χ2n) is 5.48. The molecule has 0 radical (unpaired) electrons. The molecular formula is C17H15BrN6O3S. The number of carbonyl (C=O) groups is 2. The molecule has 3 N–H and O–H groups in total. The Kier molecular flexibility index (Phi) is 6.61. The molecule has 0 aliphatic rings. The van der Waals surface area contributed by atoms with Crippen molar-refractivity contribution in [2.24, 2.45) is 0 Å². The Hall–Kier alpha value is -2.92. The van der Waals surface area contributed by atoms with Crippen LogP contribution in [0, 0.1) is 0 Å². The van der Waals surface area contributed by atoms with Gasteiger partial charge in [0.1, 0.15) is 5.75 Å². The number of anilines is 1. The van der Waals surface area contributed by atoms with Gasteiger partial charge in [-0.3, -0.25) is 9.59 Å². The van der Waals surface area contributed by atoms with Gasteiger partial charge < -0.3 is 15.7 Å². The van der Waals surface area contributed by atoms with E-state index >= 15 is 0 Å². The van der Waals surface area contributed by atoms with Crippen molar-refractivity contribution in [3.8, 4) is 11.4 Å². The van der Waals surface area contributed by atoms with Gasteiger partial charge in [-0.2, -0.15) is 4.68 Å². The Morgan fingerprint density at radius 2 is 1.86 bits per heavy atom. The van der Waals surface area contributed by atoms with Gasteiger partial charge >= 0.3 is 0 Å². The molecule has 3 aromatic rings. The highest BCUT2D eigenvalue weighted by Gasteiger charge is 2.13. The Morgan fingerprint density at radius 3 is 2.61 bits per heavy atom. The first-order valence-corrected chi connectivity index (χ1v) is 9.82. The average molecular weight is 463 g/mol. The van der Waals surface area contributed by atoms with E-state index in [2.05, 4.69) is 42.1 Å². The van der Waals surface area contributed by atoms with E-state index in [1.165, 1.54) is 16.8 Å². The molecule has 28 heavy (non-hydrogen) atoms. The van der Waals surface area contributed by atoms with Gasteiger partial charge in [0.05, 0.1) is 23.7 Å². The van der Waals surface area contributed by atoms with E-state index < -0.39 is 0 Å². The lowest BCUT2D eigenvalue weighted by Gasteiger charge is -2.08. The molecule has 2 aromatic carbocycles. The molecule has 0 spiro atoms. The normalized spacial score (nSPS) is 10.5. The third-order valence-corrected chi connectivity index (χ3v) is 5.07. The summed E-state index contributed by atoms with van der Waals surface area (Å²) in [6.07, 6.45) is 0. The molecule has 0 saturated heterocycles. The average Bonchev–Trinajstić information content (AvgIpc) is 3.16. The van der Waals surface area contributed by atoms with Crippen molar-refractivity contribution >= 4 is 45.2 Å². The van der Waals surface area contributed by atoms with Gasteiger partial charge in [-0.05, 0) is 62.8 Å². The minimum atomic E-state index is -0.334.